The molecule has 0 bridgehead atoms. The molecule has 4 aromatic heterocycles. The van der Waals surface area contributed by atoms with Gasteiger partial charge in [-0.05, 0) is 109 Å². The molecule has 5 heterocycles. The van der Waals surface area contributed by atoms with Crippen molar-refractivity contribution in [2.75, 3.05) is 79.3 Å². The van der Waals surface area contributed by atoms with Crippen LogP contribution in [-0.4, -0.2) is 115 Å². The molecule has 0 unspecified atom stereocenters. The number of ether oxygens (including phenoxy) is 9. The highest BCUT2D eigenvalue weighted by atomic mass is 16.6. The summed E-state index contributed by atoms with van der Waals surface area (Å²) in [5, 5.41) is 8.89. The number of para-hydroxylation sites is 2. The Kier molecular flexibility index (Phi) is 22.2. The molecule has 8 rings (SSSR count). The van der Waals surface area contributed by atoms with Gasteiger partial charge in [0, 0.05) is 18.8 Å². The average molecular weight is 1020 g/mol. The second kappa shape index (κ2) is 30.8. The van der Waals surface area contributed by atoms with E-state index in [9.17, 15) is 4.79 Å². The Morgan fingerprint density at radius 1 is 0.480 bits per heavy atom. The van der Waals surface area contributed by atoms with Gasteiger partial charge in [0.2, 0.25) is 0 Å². The minimum atomic E-state index is -0.208. The second-order valence-corrected chi connectivity index (χ2v) is 17.8. The number of aryl methyl sites for hydroxylation is 1. The standard InChI is InChI=1S/C59H68N6O10/c66-59(75-45-46-21-26-57-58(41-46)74-40-36-70-32-31-68-34-38-72-56-19-10-9-18-55(56)71-37-33-67-29-30-69-35-39-73-57)20-8-6-4-2-1-3-5-7-15-49-44-65(64-63-49)50-24-22-47(23-25-50)48-42-53(51-16-11-13-27-60-51)62-54(43-48)52-17-12-14-28-61-52/h9-14,16-19,21-28,41-44H,1-8,15,20,29-40,45H2. The summed E-state index contributed by atoms with van der Waals surface area (Å²) in [6.45, 7) is 4.76. The lowest BCUT2D eigenvalue weighted by atomic mass is 10.0. The molecule has 0 aliphatic carbocycles. The Morgan fingerprint density at radius 3 is 1.55 bits per heavy atom. The molecule has 75 heavy (non-hydrogen) atoms. The maximum atomic E-state index is 12.7. The number of aromatic nitrogens is 6. The lowest BCUT2D eigenvalue weighted by Gasteiger charge is -2.15. The number of rotatable bonds is 17. The molecular formula is C59H68N6O10. The van der Waals surface area contributed by atoms with Crippen molar-refractivity contribution in [1.29, 1.82) is 0 Å². The van der Waals surface area contributed by atoms with Crippen molar-refractivity contribution in [1.82, 2.24) is 29.9 Å². The second-order valence-electron chi connectivity index (χ2n) is 17.8. The summed E-state index contributed by atoms with van der Waals surface area (Å²) >= 11 is 0. The fraction of sp³-hybridized carbons (Fsp3) is 0.390. The van der Waals surface area contributed by atoms with Gasteiger partial charge in [-0.2, -0.15) is 0 Å². The van der Waals surface area contributed by atoms with Crippen LogP contribution in [0.15, 0.2) is 134 Å². The van der Waals surface area contributed by atoms with Crippen LogP contribution in [0.1, 0.15) is 69.0 Å². The number of hydrogen-bond acceptors (Lipinski definition) is 15. The van der Waals surface area contributed by atoms with E-state index in [2.05, 4.69) is 56.7 Å². The molecule has 0 atom stereocenters. The van der Waals surface area contributed by atoms with Gasteiger partial charge < -0.3 is 42.6 Å². The van der Waals surface area contributed by atoms with Gasteiger partial charge in [0.25, 0.3) is 0 Å². The predicted octanol–water partition coefficient (Wildman–Crippen LogP) is 10.5. The summed E-state index contributed by atoms with van der Waals surface area (Å²) in [6, 6.07) is 37.2. The summed E-state index contributed by atoms with van der Waals surface area (Å²) in [6.07, 6.45) is 15.4. The third kappa shape index (κ3) is 18.3. The van der Waals surface area contributed by atoms with Crippen molar-refractivity contribution in [3.05, 3.63) is 145 Å². The maximum absolute atomic E-state index is 12.7. The van der Waals surface area contributed by atoms with E-state index in [1.54, 1.807) is 12.4 Å². The SMILES string of the molecule is O=C(CCCCCCCCCCc1cn(-c2ccc(-c3cc(-c4ccccn4)nc(-c4ccccn4)c3)cc2)nn1)OCc1ccc2c(c1)OCCOCCOCCOc1ccccc1OCCOCCOCCO2. The molecule has 394 valence electrons. The van der Waals surface area contributed by atoms with Crippen molar-refractivity contribution < 1.29 is 47.4 Å². The zero-order valence-electron chi connectivity index (χ0n) is 42.7. The Labute approximate surface area is 439 Å². The van der Waals surface area contributed by atoms with Gasteiger partial charge in [-0.1, -0.05) is 86.2 Å². The zero-order chi connectivity index (χ0) is 51.4. The fourth-order valence-corrected chi connectivity index (χ4v) is 8.26. The van der Waals surface area contributed by atoms with Crippen molar-refractivity contribution in [2.45, 2.75) is 70.8 Å². The first-order valence-corrected chi connectivity index (χ1v) is 26.2. The minimum absolute atomic E-state index is 0.146. The first-order chi connectivity index (χ1) is 37.1. The molecule has 0 saturated heterocycles. The number of unbranched alkanes of at least 4 members (excludes halogenated alkanes) is 7. The first kappa shape index (κ1) is 54.0. The van der Waals surface area contributed by atoms with Crippen molar-refractivity contribution in [2.24, 2.45) is 0 Å². The van der Waals surface area contributed by atoms with Crippen molar-refractivity contribution in [3.63, 3.8) is 0 Å². The summed E-state index contributed by atoms with van der Waals surface area (Å²) in [7, 11) is 0. The van der Waals surface area contributed by atoms with E-state index in [4.69, 9.17) is 47.6 Å². The number of nitrogens with zero attached hydrogens (tertiary/aromatic N) is 6. The van der Waals surface area contributed by atoms with E-state index in [-0.39, 0.29) is 12.6 Å². The van der Waals surface area contributed by atoms with E-state index in [1.807, 2.05) is 89.7 Å². The van der Waals surface area contributed by atoms with Gasteiger partial charge in [0.1, 0.15) is 33.0 Å². The summed E-state index contributed by atoms with van der Waals surface area (Å²) in [4.78, 5) is 26.7. The molecule has 0 fully saturated rings. The van der Waals surface area contributed by atoms with Gasteiger partial charge >= 0.3 is 5.97 Å². The third-order valence-corrected chi connectivity index (χ3v) is 12.2. The molecule has 0 spiro atoms. The van der Waals surface area contributed by atoms with Crippen LogP contribution in [0.2, 0.25) is 0 Å². The third-order valence-electron chi connectivity index (χ3n) is 12.2. The molecule has 0 radical (unpaired) electrons. The molecule has 3 aromatic carbocycles. The van der Waals surface area contributed by atoms with Gasteiger partial charge in [-0.15, -0.1) is 5.10 Å². The lowest BCUT2D eigenvalue weighted by Crippen LogP contribution is -2.15. The molecule has 7 aromatic rings. The average Bonchev–Trinajstić information content (AvgIpc) is 3.93. The van der Waals surface area contributed by atoms with Gasteiger partial charge in [-0.25, -0.2) is 9.67 Å². The Balaban J connectivity index is 0.689. The topological polar surface area (TPSA) is 170 Å². The van der Waals surface area contributed by atoms with Crippen LogP contribution in [0, 0.1) is 0 Å². The molecule has 16 nitrogen and oxygen atoms in total. The van der Waals surface area contributed by atoms with E-state index in [0.717, 1.165) is 95.8 Å². The number of carbonyl (C=O) groups excluding carboxylic acids is 1. The van der Waals surface area contributed by atoms with Crippen LogP contribution in [0.4, 0.5) is 0 Å². The smallest absolute Gasteiger partial charge is 0.306 e. The highest BCUT2D eigenvalue weighted by Crippen LogP contribution is 2.31. The number of pyridine rings is 3. The predicted molar refractivity (Wildman–Crippen MR) is 284 cm³/mol. The number of benzene rings is 3. The van der Waals surface area contributed by atoms with E-state index in [0.29, 0.717) is 109 Å². The summed E-state index contributed by atoms with van der Waals surface area (Å²) in [5.41, 5.74) is 8.02. The van der Waals surface area contributed by atoms with Crippen LogP contribution < -0.4 is 18.9 Å². The summed E-state index contributed by atoms with van der Waals surface area (Å²) < 4.78 is 54.1. The van der Waals surface area contributed by atoms with Crippen LogP contribution in [0.5, 0.6) is 23.0 Å². The highest BCUT2D eigenvalue weighted by Gasteiger charge is 2.14. The van der Waals surface area contributed by atoms with Crippen molar-refractivity contribution >= 4 is 5.97 Å². The van der Waals surface area contributed by atoms with Crippen LogP contribution in [0.25, 0.3) is 39.6 Å². The fourth-order valence-electron chi connectivity index (χ4n) is 8.26. The number of esters is 1. The Hall–Kier alpha value is -7.24. The molecule has 1 aliphatic rings. The molecule has 1 aliphatic heterocycles. The minimum Gasteiger partial charge on any atom is -0.487 e. The number of fused-ring (bicyclic) bond motifs is 2. The Morgan fingerprint density at radius 2 is 0.987 bits per heavy atom. The Bertz CT molecular complexity index is 2690. The highest BCUT2D eigenvalue weighted by molar-refractivity contribution is 5.75. The molecular weight excluding hydrogens is 953 g/mol. The molecule has 16 heteroatoms. The number of carbonyl (C=O) groups is 1. The van der Waals surface area contributed by atoms with Crippen molar-refractivity contribution in [3.8, 4) is 62.6 Å². The van der Waals surface area contributed by atoms with Crippen LogP contribution >= 0.6 is 0 Å². The molecule has 0 N–H and O–H groups in total. The quantitative estimate of drug-likeness (QED) is 0.0623. The van der Waals surface area contributed by atoms with E-state index in [1.165, 1.54) is 12.8 Å². The monoisotopic (exact) mass is 1020 g/mol. The zero-order valence-corrected chi connectivity index (χ0v) is 42.7. The molecule has 0 saturated carbocycles. The van der Waals surface area contributed by atoms with Crippen LogP contribution in [0.3, 0.4) is 0 Å². The first-order valence-electron chi connectivity index (χ1n) is 26.2. The maximum Gasteiger partial charge on any atom is 0.306 e. The van der Waals surface area contributed by atoms with Gasteiger partial charge in [0.05, 0.1) is 93.2 Å². The number of hydrogen-bond donors (Lipinski definition) is 0. The normalized spacial score (nSPS) is 14.3. The van der Waals surface area contributed by atoms with E-state index >= 15 is 0 Å². The summed E-state index contributed by atoms with van der Waals surface area (Å²) in [5.74, 6) is 2.22. The lowest BCUT2D eigenvalue weighted by molar-refractivity contribution is -0.145. The van der Waals surface area contributed by atoms with E-state index < -0.39 is 0 Å². The van der Waals surface area contributed by atoms with Crippen LogP contribution in [-0.2, 0) is 41.5 Å². The van der Waals surface area contributed by atoms with Gasteiger partial charge in [0.15, 0.2) is 23.0 Å². The van der Waals surface area contributed by atoms with Gasteiger partial charge in [-0.3, -0.25) is 14.8 Å². The largest absolute Gasteiger partial charge is 0.487 e. The molecule has 0 amide bonds.